The lowest BCUT2D eigenvalue weighted by molar-refractivity contribution is -0.159. The zero-order valence-corrected chi connectivity index (χ0v) is 15.9. The molecule has 5 nitrogen and oxygen atoms in total. The number of hydrogen-bond donors (Lipinski definition) is 0. The molecular formula is C21H20F3NO4. The van der Waals surface area contributed by atoms with Crippen LogP contribution in [-0.2, 0) is 16.1 Å². The summed E-state index contributed by atoms with van der Waals surface area (Å²) in [7, 11) is 2.74. The first kappa shape index (κ1) is 22.0. The molecule has 0 aliphatic rings. The van der Waals surface area contributed by atoms with Crippen LogP contribution in [0.4, 0.5) is 13.2 Å². The van der Waals surface area contributed by atoms with Gasteiger partial charge in [-0.05, 0) is 41.5 Å². The molecule has 0 aromatic heterocycles. The molecule has 0 radical (unpaired) electrons. The molecule has 8 heteroatoms. The van der Waals surface area contributed by atoms with Crippen molar-refractivity contribution < 1.29 is 32.2 Å². The van der Waals surface area contributed by atoms with Crippen LogP contribution in [0, 0.1) is 0 Å². The number of carbonyl (C=O) groups excluding carboxylic acids is 2. The lowest BCUT2D eigenvalue weighted by atomic mass is 10.1. The van der Waals surface area contributed by atoms with Crippen molar-refractivity contribution in [2.45, 2.75) is 12.7 Å². The van der Waals surface area contributed by atoms with E-state index in [2.05, 4.69) is 4.74 Å². The zero-order valence-electron chi connectivity index (χ0n) is 15.9. The molecule has 154 valence electrons. The maximum Gasteiger partial charge on any atom is 0.406 e. The second-order valence-corrected chi connectivity index (χ2v) is 6.10. The molecule has 0 aliphatic carbocycles. The van der Waals surface area contributed by atoms with E-state index in [9.17, 15) is 22.8 Å². The summed E-state index contributed by atoms with van der Waals surface area (Å²) in [5.74, 6) is -0.722. The molecule has 0 saturated carbocycles. The van der Waals surface area contributed by atoms with Crippen molar-refractivity contribution in [2.75, 3.05) is 20.8 Å². The van der Waals surface area contributed by atoms with Gasteiger partial charge in [-0.3, -0.25) is 4.79 Å². The minimum absolute atomic E-state index is 0.200. The number of esters is 1. The highest BCUT2D eigenvalue weighted by atomic mass is 19.4. The molecule has 0 atom stereocenters. The number of amides is 1. The largest absolute Gasteiger partial charge is 0.497 e. The van der Waals surface area contributed by atoms with Crippen molar-refractivity contribution >= 4 is 18.0 Å². The fraction of sp³-hybridized carbons (Fsp3) is 0.238. The van der Waals surface area contributed by atoms with Gasteiger partial charge in [-0.15, -0.1) is 0 Å². The monoisotopic (exact) mass is 407 g/mol. The van der Waals surface area contributed by atoms with Crippen LogP contribution in [0.25, 0.3) is 6.08 Å². The van der Waals surface area contributed by atoms with E-state index in [0.717, 1.165) is 6.08 Å². The Hall–Kier alpha value is -3.29. The van der Waals surface area contributed by atoms with E-state index in [1.165, 1.54) is 32.4 Å². The lowest BCUT2D eigenvalue weighted by Crippen LogP contribution is -2.37. The van der Waals surface area contributed by atoms with Crippen LogP contribution in [-0.4, -0.2) is 43.7 Å². The van der Waals surface area contributed by atoms with Gasteiger partial charge in [-0.2, -0.15) is 13.2 Å². The number of nitrogens with zero attached hydrogens (tertiary/aromatic N) is 1. The van der Waals surface area contributed by atoms with Crippen LogP contribution < -0.4 is 4.74 Å². The van der Waals surface area contributed by atoms with Crippen LogP contribution in [0.3, 0.4) is 0 Å². The highest BCUT2D eigenvalue weighted by molar-refractivity contribution is 5.92. The quantitative estimate of drug-likeness (QED) is 0.513. The highest BCUT2D eigenvalue weighted by Crippen LogP contribution is 2.20. The van der Waals surface area contributed by atoms with Crippen molar-refractivity contribution in [2.24, 2.45) is 0 Å². The topological polar surface area (TPSA) is 55.8 Å². The van der Waals surface area contributed by atoms with E-state index >= 15 is 0 Å². The maximum atomic E-state index is 12.9. The number of ether oxygens (including phenoxy) is 2. The fourth-order valence-electron chi connectivity index (χ4n) is 2.50. The van der Waals surface area contributed by atoms with E-state index in [-0.39, 0.29) is 6.54 Å². The Bertz CT molecular complexity index is 859. The van der Waals surface area contributed by atoms with Crippen LogP contribution in [0.15, 0.2) is 54.6 Å². The number of methoxy groups -OCH3 is 2. The Balaban J connectivity index is 2.13. The molecule has 29 heavy (non-hydrogen) atoms. The standard InChI is InChI=1S/C21H20F3NO4/c1-28-18-10-5-16(6-11-18)13-25(14-21(22,23)24)19(26)12-7-15-3-8-17(9-4-15)20(27)29-2/h3-12H,13-14H2,1-2H3/b12-7+. The third-order valence-corrected chi connectivity index (χ3v) is 3.96. The number of alkyl halides is 3. The molecule has 0 N–H and O–H groups in total. The van der Waals surface area contributed by atoms with Gasteiger partial charge in [0.15, 0.2) is 0 Å². The van der Waals surface area contributed by atoms with Crippen molar-refractivity contribution in [3.63, 3.8) is 0 Å². The van der Waals surface area contributed by atoms with Crippen molar-refractivity contribution in [3.05, 3.63) is 71.3 Å². The zero-order chi connectivity index (χ0) is 21.4. The Morgan fingerprint density at radius 1 is 1.00 bits per heavy atom. The molecule has 0 unspecified atom stereocenters. The minimum Gasteiger partial charge on any atom is -0.497 e. The second kappa shape index (κ2) is 9.77. The van der Waals surface area contributed by atoms with Gasteiger partial charge in [-0.25, -0.2) is 4.79 Å². The molecule has 0 heterocycles. The molecule has 0 fully saturated rings. The summed E-state index contributed by atoms with van der Waals surface area (Å²) in [6.45, 7) is -1.57. The fourth-order valence-corrected chi connectivity index (χ4v) is 2.50. The van der Waals surface area contributed by atoms with Crippen molar-refractivity contribution in [3.8, 4) is 5.75 Å². The Morgan fingerprint density at radius 2 is 1.62 bits per heavy atom. The normalized spacial score (nSPS) is 11.3. The number of rotatable bonds is 7. The van der Waals surface area contributed by atoms with Gasteiger partial charge in [0.25, 0.3) is 0 Å². The minimum atomic E-state index is -4.53. The summed E-state index contributed by atoms with van der Waals surface area (Å²) in [5, 5.41) is 0. The van der Waals surface area contributed by atoms with Gasteiger partial charge in [0.2, 0.25) is 5.91 Å². The summed E-state index contributed by atoms with van der Waals surface area (Å²) in [6, 6.07) is 12.6. The molecule has 2 aromatic rings. The first-order valence-electron chi connectivity index (χ1n) is 8.57. The van der Waals surface area contributed by atoms with Crippen LogP contribution in [0.2, 0.25) is 0 Å². The smallest absolute Gasteiger partial charge is 0.406 e. The number of halogens is 3. The summed E-state index contributed by atoms with van der Waals surface area (Å²) < 4.78 is 48.4. The highest BCUT2D eigenvalue weighted by Gasteiger charge is 2.32. The number of carbonyl (C=O) groups is 2. The van der Waals surface area contributed by atoms with E-state index < -0.39 is 24.6 Å². The summed E-state index contributed by atoms with van der Waals surface area (Å²) in [4.78, 5) is 24.5. The predicted molar refractivity (Wildman–Crippen MR) is 101 cm³/mol. The van der Waals surface area contributed by atoms with Crippen molar-refractivity contribution in [1.29, 1.82) is 0 Å². The van der Waals surface area contributed by atoms with E-state index in [0.29, 0.717) is 27.3 Å². The van der Waals surface area contributed by atoms with Gasteiger partial charge in [0, 0.05) is 12.6 Å². The third-order valence-electron chi connectivity index (χ3n) is 3.96. The molecule has 1 amide bonds. The maximum absolute atomic E-state index is 12.9. The van der Waals surface area contributed by atoms with Gasteiger partial charge in [0.1, 0.15) is 12.3 Å². The van der Waals surface area contributed by atoms with E-state index in [4.69, 9.17) is 4.74 Å². The van der Waals surface area contributed by atoms with Gasteiger partial charge in [0.05, 0.1) is 19.8 Å². The van der Waals surface area contributed by atoms with E-state index in [1.807, 2.05) is 0 Å². The second-order valence-electron chi connectivity index (χ2n) is 6.10. The Labute approximate surface area is 166 Å². The molecule has 0 aliphatic heterocycles. The molecular weight excluding hydrogens is 387 g/mol. The molecule has 2 aromatic carbocycles. The Morgan fingerprint density at radius 3 is 2.14 bits per heavy atom. The first-order valence-corrected chi connectivity index (χ1v) is 8.57. The van der Waals surface area contributed by atoms with Gasteiger partial charge >= 0.3 is 12.1 Å². The molecule has 0 saturated heterocycles. The predicted octanol–water partition coefficient (Wildman–Crippen LogP) is 4.09. The average molecular weight is 407 g/mol. The summed E-state index contributed by atoms with van der Waals surface area (Å²) in [5.41, 5.74) is 1.43. The summed E-state index contributed by atoms with van der Waals surface area (Å²) in [6.07, 6.45) is -2.07. The lowest BCUT2D eigenvalue weighted by Gasteiger charge is -2.23. The van der Waals surface area contributed by atoms with Gasteiger partial charge < -0.3 is 14.4 Å². The molecule has 0 bridgehead atoms. The first-order chi connectivity index (χ1) is 13.7. The van der Waals surface area contributed by atoms with Crippen LogP contribution in [0.5, 0.6) is 5.75 Å². The van der Waals surface area contributed by atoms with Crippen molar-refractivity contribution in [1.82, 2.24) is 4.90 Å². The van der Waals surface area contributed by atoms with Crippen LogP contribution in [0.1, 0.15) is 21.5 Å². The van der Waals surface area contributed by atoms with Gasteiger partial charge in [-0.1, -0.05) is 24.3 Å². The number of benzene rings is 2. The molecule has 0 spiro atoms. The van der Waals surface area contributed by atoms with E-state index in [1.54, 1.807) is 36.4 Å². The Kier molecular flexibility index (Phi) is 7.41. The summed E-state index contributed by atoms with van der Waals surface area (Å²) >= 11 is 0. The SMILES string of the molecule is COC(=O)c1ccc(/C=C/C(=O)N(Cc2ccc(OC)cc2)CC(F)(F)F)cc1. The number of hydrogen-bond acceptors (Lipinski definition) is 4. The average Bonchev–Trinajstić information content (AvgIpc) is 2.71. The van der Waals surface area contributed by atoms with Crippen LogP contribution >= 0.6 is 0 Å². The molecule has 2 rings (SSSR count). The third kappa shape index (κ3) is 6.99.